The molecule has 0 aliphatic heterocycles. The third-order valence-corrected chi connectivity index (χ3v) is 3.59. The lowest BCUT2D eigenvalue weighted by Crippen LogP contribution is -2.00. The molecule has 132 valence electrons. The Bertz CT molecular complexity index is 799. The monoisotopic (exact) mass is 346 g/mol. The van der Waals surface area contributed by atoms with E-state index >= 15 is 0 Å². The number of carbonyl (C=O) groups excluding carboxylic acids is 1. The van der Waals surface area contributed by atoms with E-state index in [0.29, 0.717) is 28.6 Å². The quantitative estimate of drug-likeness (QED) is 0.564. The van der Waals surface area contributed by atoms with E-state index in [-0.39, 0.29) is 5.56 Å². The Balaban J connectivity index is 2.34. The van der Waals surface area contributed by atoms with Crippen LogP contribution in [0, 0.1) is 5.82 Å². The van der Waals surface area contributed by atoms with Gasteiger partial charge in [0, 0.05) is 11.6 Å². The minimum absolute atomic E-state index is 0.0449. The Morgan fingerprint density at radius 2 is 1.64 bits per heavy atom. The molecular formula is C19H19FO5. The van der Waals surface area contributed by atoms with Crippen LogP contribution in [-0.4, -0.2) is 34.2 Å². The highest BCUT2D eigenvalue weighted by Crippen LogP contribution is 2.40. The number of rotatable bonds is 7. The van der Waals surface area contributed by atoms with Crippen molar-refractivity contribution >= 4 is 11.9 Å². The first-order valence-electron chi connectivity index (χ1n) is 7.40. The molecule has 2 aromatic carbocycles. The van der Waals surface area contributed by atoms with Crippen molar-refractivity contribution in [1.29, 1.82) is 0 Å². The van der Waals surface area contributed by atoms with Gasteiger partial charge in [0.1, 0.15) is 11.6 Å². The summed E-state index contributed by atoms with van der Waals surface area (Å²) >= 11 is 0. The van der Waals surface area contributed by atoms with Crippen molar-refractivity contribution in [2.75, 3.05) is 28.4 Å². The van der Waals surface area contributed by atoms with Crippen LogP contribution in [-0.2, 0) is 0 Å². The minimum atomic E-state index is -0.645. The third kappa shape index (κ3) is 3.91. The maximum atomic E-state index is 14.0. The van der Waals surface area contributed by atoms with Crippen LogP contribution in [0.15, 0.2) is 36.4 Å². The predicted molar refractivity (Wildman–Crippen MR) is 92.4 cm³/mol. The lowest BCUT2D eigenvalue weighted by atomic mass is 10.1. The molecule has 0 fully saturated rings. The summed E-state index contributed by atoms with van der Waals surface area (Å²) in [5.41, 5.74) is 0.555. The fraction of sp³-hybridized carbons (Fsp3) is 0.211. The minimum Gasteiger partial charge on any atom is -0.497 e. The Labute approximate surface area is 145 Å². The number of halogens is 1. The molecule has 0 unspecified atom stereocenters. The highest BCUT2D eigenvalue weighted by molar-refractivity contribution is 6.07. The first kappa shape index (κ1) is 18.3. The zero-order valence-electron chi connectivity index (χ0n) is 14.5. The van der Waals surface area contributed by atoms with Crippen molar-refractivity contribution in [1.82, 2.24) is 0 Å². The van der Waals surface area contributed by atoms with E-state index in [1.165, 1.54) is 52.7 Å². The molecular weight excluding hydrogens is 327 g/mol. The van der Waals surface area contributed by atoms with Crippen LogP contribution in [0.25, 0.3) is 6.08 Å². The van der Waals surface area contributed by atoms with Gasteiger partial charge in [-0.25, -0.2) is 4.39 Å². The van der Waals surface area contributed by atoms with Crippen molar-refractivity contribution in [3.8, 4) is 23.0 Å². The molecule has 6 heteroatoms. The number of benzene rings is 2. The van der Waals surface area contributed by atoms with E-state index in [0.717, 1.165) is 6.07 Å². The molecule has 0 bridgehead atoms. The summed E-state index contributed by atoms with van der Waals surface area (Å²) in [5.74, 6) is 0.560. The fourth-order valence-electron chi connectivity index (χ4n) is 2.33. The standard InChI is InChI=1S/C19H19FO5/c1-22-13-7-8-14(15(20)11-13)16(21)9-5-12-6-10-17(23-2)19(25-4)18(12)24-3/h5-11H,1-4H3/b9-5+. The highest BCUT2D eigenvalue weighted by atomic mass is 19.1. The molecule has 25 heavy (non-hydrogen) atoms. The maximum absolute atomic E-state index is 14.0. The van der Waals surface area contributed by atoms with Gasteiger partial charge in [-0.15, -0.1) is 0 Å². The second-order valence-electron chi connectivity index (χ2n) is 4.97. The summed E-state index contributed by atoms with van der Waals surface area (Å²) in [6.07, 6.45) is 2.81. The zero-order chi connectivity index (χ0) is 18.4. The summed E-state index contributed by atoms with van der Waals surface area (Å²) < 4.78 is 34.8. The average molecular weight is 346 g/mol. The van der Waals surface area contributed by atoms with E-state index in [4.69, 9.17) is 18.9 Å². The second kappa shape index (κ2) is 8.19. The van der Waals surface area contributed by atoms with Crippen LogP contribution in [0.5, 0.6) is 23.0 Å². The van der Waals surface area contributed by atoms with Crippen LogP contribution in [0.1, 0.15) is 15.9 Å². The van der Waals surface area contributed by atoms with Crippen molar-refractivity contribution in [3.63, 3.8) is 0 Å². The molecule has 0 saturated heterocycles. The van der Waals surface area contributed by atoms with Crippen molar-refractivity contribution in [2.24, 2.45) is 0 Å². The SMILES string of the molecule is COc1ccc(C(=O)/C=C/c2ccc(OC)c(OC)c2OC)c(F)c1. The van der Waals surface area contributed by atoms with Crippen LogP contribution in [0.3, 0.4) is 0 Å². The number of carbonyl (C=O) groups is 1. The summed E-state index contributed by atoms with van der Waals surface area (Å²) in [6.45, 7) is 0. The van der Waals surface area contributed by atoms with E-state index in [9.17, 15) is 9.18 Å². The summed E-state index contributed by atoms with van der Waals surface area (Å²) in [6, 6.07) is 7.49. The molecule has 0 radical (unpaired) electrons. The molecule has 0 saturated carbocycles. The topological polar surface area (TPSA) is 54.0 Å². The Hall–Kier alpha value is -3.02. The van der Waals surface area contributed by atoms with Crippen LogP contribution >= 0.6 is 0 Å². The van der Waals surface area contributed by atoms with Gasteiger partial charge in [0.25, 0.3) is 0 Å². The molecule has 0 heterocycles. The smallest absolute Gasteiger partial charge is 0.203 e. The molecule has 0 N–H and O–H groups in total. The molecule has 0 aliphatic carbocycles. The zero-order valence-corrected chi connectivity index (χ0v) is 14.5. The number of hydrogen-bond donors (Lipinski definition) is 0. The van der Waals surface area contributed by atoms with Gasteiger partial charge in [0.2, 0.25) is 5.75 Å². The van der Waals surface area contributed by atoms with Gasteiger partial charge in [-0.3, -0.25) is 4.79 Å². The van der Waals surface area contributed by atoms with Crippen LogP contribution in [0.4, 0.5) is 4.39 Å². The normalized spacial score (nSPS) is 10.6. The summed E-state index contributed by atoms with van der Waals surface area (Å²) in [5, 5.41) is 0. The second-order valence-corrected chi connectivity index (χ2v) is 4.97. The predicted octanol–water partition coefficient (Wildman–Crippen LogP) is 3.76. The Morgan fingerprint density at radius 3 is 2.20 bits per heavy atom. The number of ketones is 1. The maximum Gasteiger partial charge on any atom is 0.203 e. The van der Waals surface area contributed by atoms with Crippen molar-refractivity contribution in [3.05, 3.63) is 53.4 Å². The van der Waals surface area contributed by atoms with Crippen LogP contribution < -0.4 is 18.9 Å². The van der Waals surface area contributed by atoms with E-state index < -0.39 is 11.6 Å². The number of methoxy groups -OCH3 is 4. The molecule has 5 nitrogen and oxygen atoms in total. The molecule has 0 amide bonds. The molecule has 0 spiro atoms. The van der Waals surface area contributed by atoms with E-state index in [1.807, 2.05) is 0 Å². The van der Waals surface area contributed by atoms with Gasteiger partial charge in [-0.05, 0) is 36.4 Å². The molecule has 2 rings (SSSR count). The lowest BCUT2D eigenvalue weighted by molar-refractivity contribution is 0.104. The average Bonchev–Trinajstić information content (AvgIpc) is 2.64. The third-order valence-electron chi connectivity index (χ3n) is 3.59. The van der Waals surface area contributed by atoms with E-state index in [2.05, 4.69) is 0 Å². The van der Waals surface area contributed by atoms with Crippen molar-refractivity contribution in [2.45, 2.75) is 0 Å². The molecule has 0 atom stereocenters. The molecule has 2 aromatic rings. The lowest BCUT2D eigenvalue weighted by Gasteiger charge is -2.13. The number of hydrogen-bond acceptors (Lipinski definition) is 5. The Kier molecular flexibility index (Phi) is 6.00. The van der Waals surface area contributed by atoms with Gasteiger partial charge in [0.15, 0.2) is 17.3 Å². The first-order valence-corrected chi connectivity index (χ1v) is 7.40. The molecule has 0 aromatic heterocycles. The summed E-state index contributed by atoms with van der Waals surface area (Å²) in [7, 11) is 5.92. The largest absolute Gasteiger partial charge is 0.497 e. The van der Waals surface area contributed by atoms with Gasteiger partial charge >= 0.3 is 0 Å². The van der Waals surface area contributed by atoms with Crippen LogP contribution in [0.2, 0.25) is 0 Å². The Morgan fingerprint density at radius 1 is 0.920 bits per heavy atom. The highest BCUT2D eigenvalue weighted by Gasteiger charge is 2.15. The fourth-order valence-corrected chi connectivity index (χ4v) is 2.33. The first-order chi connectivity index (χ1) is 12.0. The van der Waals surface area contributed by atoms with Crippen molar-refractivity contribution < 1.29 is 28.1 Å². The van der Waals surface area contributed by atoms with Gasteiger partial charge < -0.3 is 18.9 Å². The number of ether oxygens (including phenoxy) is 4. The molecule has 0 aliphatic rings. The number of allylic oxidation sites excluding steroid dienone is 1. The van der Waals surface area contributed by atoms with E-state index in [1.54, 1.807) is 12.1 Å². The van der Waals surface area contributed by atoms with Gasteiger partial charge in [-0.2, -0.15) is 0 Å². The van der Waals surface area contributed by atoms with Gasteiger partial charge in [0.05, 0.1) is 34.0 Å². The van der Waals surface area contributed by atoms with Gasteiger partial charge in [-0.1, -0.05) is 0 Å². The summed E-state index contributed by atoms with van der Waals surface area (Å²) in [4.78, 5) is 12.3.